The van der Waals surface area contributed by atoms with Gasteiger partial charge in [-0.25, -0.2) is 4.79 Å². The first-order chi connectivity index (χ1) is 14.0. The fourth-order valence-corrected chi connectivity index (χ4v) is 3.71. The molecule has 1 unspecified atom stereocenters. The second-order valence-corrected chi connectivity index (χ2v) is 7.73. The minimum absolute atomic E-state index is 0.0475. The topological polar surface area (TPSA) is 84.9 Å². The van der Waals surface area contributed by atoms with E-state index in [0.29, 0.717) is 23.0 Å². The smallest absolute Gasteiger partial charge is 0.409 e. The van der Waals surface area contributed by atoms with Crippen molar-refractivity contribution in [2.75, 3.05) is 13.7 Å². The zero-order chi connectivity index (χ0) is 20.4. The molecule has 0 spiro atoms. The summed E-state index contributed by atoms with van der Waals surface area (Å²) in [4.78, 5) is 36.2. The zero-order valence-electron chi connectivity index (χ0n) is 15.6. The number of benzene rings is 2. The molecular weight excluding hydrogens is 392 g/mol. The molecule has 0 radical (unpaired) electrons. The third-order valence-corrected chi connectivity index (χ3v) is 5.50. The lowest BCUT2D eigenvalue weighted by Crippen LogP contribution is -2.30. The second kappa shape index (κ2) is 8.00. The van der Waals surface area contributed by atoms with Crippen LogP contribution < -0.4 is 10.1 Å². The number of likely N-dealkylation sites (N-methyl/N-ethyl adjacent to an activating group) is 1. The highest BCUT2D eigenvalue weighted by Crippen LogP contribution is 2.27. The summed E-state index contributed by atoms with van der Waals surface area (Å²) in [6.45, 7) is 0.407. The van der Waals surface area contributed by atoms with Gasteiger partial charge in [0.05, 0.1) is 10.9 Å². The molecule has 0 aromatic heterocycles. The Balaban J connectivity index is 1.37. The van der Waals surface area contributed by atoms with Crippen molar-refractivity contribution in [1.29, 1.82) is 0 Å². The Bertz CT molecular complexity index is 985. The van der Waals surface area contributed by atoms with Crippen LogP contribution in [-0.2, 0) is 16.0 Å². The maximum Gasteiger partial charge on any atom is 0.409 e. The molecule has 1 N–H and O–H groups in total. The predicted molar refractivity (Wildman–Crippen MR) is 109 cm³/mol. The third kappa shape index (κ3) is 4.43. The Morgan fingerprint density at radius 2 is 1.76 bits per heavy atom. The lowest BCUT2D eigenvalue weighted by atomic mass is 10.1. The third-order valence-electron chi connectivity index (χ3n) is 4.69. The quantitative estimate of drug-likeness (QED) is 0.755. The highest BCUT2D eigenvalue weighted by atomic mass is 32.2. The Hall–Kier alpha value is -3.26. The van der Waals surface area contributed by atoms with E-state index in [2.05, 4.69) is 5.32 Å². The van der Waals surface area contributed by atoms with Crippen molar-refractivity contribution in [2.45, 2.75) is 12.5 Å². The standard InChI is InChI=1S/C21H18N2O5S/c1-23-15(12-27-21(23)26)10-13-2-6-16(7-3-13)28-17-8-4-14(5-9-17)11-18-19(24)22-20(25)29-18/h2-9,11,15H,10,12H2,1H3,(H,22,24,25). The van der Waals surface area contributed by atoms with Crippen LogP contribution in [0, 0.1) is 0 Å². The minimum Gasteiger partial charge on any atom is -0.457 e. The average Bonchev–Trinajstić information content (AvgIpc) is 3.19. The van der Waals surface area contributed by atoms with E-state index in [1.807, 2.05) is 36.4 Å². The normalized spacial score (nSPS) is 20.2. The number of thioether (sulfide) groups is 1. The van der Waals surface area contributed by atoms with Gasteiger partial charge in [0, 0.05) is 7.05 Å². The Labute approximate surface area is 171 Å². The van der Waals surface area contributed by atoms with Crippen molar-refractivity contribution in [3.05, 3.63) is 64.6 Å². The molecule has 8 heteroatoms. The van der Waals surface area contributed by atoms with Crippen LogP contribution in [0.25, 0.3) is 6.08 Å². The number of nitrogens with zero attached hydrogens (tertiary/aromatic N) is 1. The molecule has 3 amide bonds. The monoisotopic (exact) mass is 410 g/mol. The van der Waals surface area contributed by atoms with Crippen LogP contribution in [0.5, 0.6) is 11.5 Å². The lowest BCUT2D eigenvalue weighted by molar-refractivity contribution is -0.115. The van der Waals surface area contributed by atoms with Gasteiger partial charge in [-0.2, -0.15) is 0 Å². The molecule has 2 heterocycles. The molecule has 2 fully saturated rings. The summed E-state index contributed by atoms with van der Waals surface area (Å²) in [5.74, 6) is 0.984. The maximum atomic E-state index is 11.6. The molecule has 2 aromatic carbocycles. The van der Waals surface area contributed by atoms with E-state index in [1.165, 1.54) is 0 Å². The van der Waals surface area contributed by atoms with E-state index < -0.39 is 0 Å². The van der Waals surface area contributed by atoms with E-state index in [1.54, 1.807) is 30.2 Å². The van der Waals surface area contributed by atoms with Gasteiger partial charge in [0.1, 0.15) is 18.1 Å². The summed E-state index contributed by atoms with van der Waals surface area (Å²) >= 11 is 0.889. The number of carbonyl (C=O) groups excluding carboxylic acids is 3. The van der Waals surface area contributed by atoms with Crippen LogP contribution in [0.15, 0.2) is 53.4 Å². The summed E-state index contributed by atoms with van der Waals surface area (Å²) in [7, 11) is 1.74. The molecule has 0 aliphatic carbocycles. The molecular formula is C21H18N2O5S. The molecule has 2 saturated heterocycles. The highest BCUT2D eigenvalue weighted by molar-refractivity contribution is 8.18. The van der Waals surface area contributed by atoms with Crippen LogP contribution in [0.3, 0.4) is 0 Å². The Kier molecular flexibility index (Phi) is 5.26. The van der Waals surface area contributed by atoms with Gasteiger partial charge in [-0.15, -0.1) is 0 Å². The first-order valence-corrected chi connectivity index (χ1v) is 9.81. The van der Waals surface area contributed by atoms with Crippen LogP contribution >= 0.6 is 11.8 Å². The summed E-state index contributed by atoms with van der Waals surface area (Å²) in [6, 6.07) is 15.0. The summed E-state index contributed by atoms with van der Waals surface area (Å²) in [5.41, 5.74) is 1.90. The molecule has 2 aliphatic heterocycles. The largest absolute Gasteiger partial charge is 0.457 e. The van der Waals surface area contributed by atoms with Gasteiger partial charge in [-0.1, -0.05) is 24.3 Å². The number of ether oxygens (including phenoxy) is 2. The number of cyclic esters (lactones) is 1. The number of hydrogen-bond acceptors (Lipinski definition) is 6. The van der Waals surface area contributed by atoms with E-state index >= 15 is 0 Å². The molecule has 2 aromatic rings. The number of carbonyl (C=O) groups is 3. The summed E-state index contributed by atoms with van der Waals surface area (Å²) in [6.07, 6.45) is 2.10. The SMILES string of the molecule is CN1C(=O)OCC1Cc1ccc(Oc2ccc(C=C3SC(=O)NC3=O)cc2)cc1. The van der Waals surface area contributed by atoms with Crippen molar-refractivity contribution in [2.24, 2.45) is 0 Å². The number of amides is 3. The fraction of sp³-hybridized carbons (Fsp3) is 0.190. The van der Waals surface area contributed by atoms with Gasteiger partial charge >= 0.3 is 6.09 Å². The van der Waals surface area contributed by atoms with Crippen LogP contribution in [0.2, 0.25) is 0 Å². The van der Waals surface area contributed by atoms with Crippen molar-refractivity contribution in [1.82, 2.24) is 10.2 Å². The lowest BCUT2D eigenvalue weighted by Gasteiger charge is -2.16. The number of nitrogens with one attached hydrogen (secondary N) is 1. The van der Waals surface area contributed by atoms with Crippen molar-refractivity contribution < 1.29 is 23.9 Å². The summed E-state index contributed by atoms with van der Waals surface area (Å²) < 4.78 is 10.9. The predicted octanol–water partition coefficient (Wildman–Crippen LogP) is 3.80. The highest BCUT2D eigenvalue weighted by Gasteiger charge is 2.29. The van der Waals surface area contributed by atoms with Gasteiger partial charge in [-0.05, 0) is 59.7 Å². The Morgan fingerprint density at radius 1 is 1.10 bits per heavy atom. The van der Waals surface area contributed by atoms with E-state index in [4.69, 9.17) is 9.47 Å². The molecule has 7 nitrogen and oxygen atoms in total. The van der Waals surface area contributed by atoms with Crippen molar-refractivity contribution >= 4 is 35.1 Å². The van der Waals surface area contributed by atoms with Crippen LogP contribution in [0.1, 0.15) is 11.1 Å². The molecule has 29 heavy (non-hydrogen) atoms. The van der Waals surface area contributed by atoms with Gasteiger partial charge in [-0.3, -0.25) is 14.9 Å². The maximum absolute atomic E-state index is 11.6. The Morgan fingerprint density at radius 3 is 2.31 bits per heavy atom. The van der Waals surface area contributed by atoms with E-state index in [0.717, 1.165) is 29.3 Å². The van der Waals surface area contributed by atoms with Gasteiger partial charge < -0.3 is 14.4 Å². The number of imide groups is 1. The molecule has 1 atom stereocenters. The van der Waals surface area contributed by atoms with Crippen LogP contribution in [0.4, 0.5) is 9.59 Å². The van der Waals surface area contributed by atoms with E-state index in [-0.39, 0.29) is 23.3 Å². The first-order valence-electron chi connectivity index (χ1n) is 8.99. The molecule has 4 rings (SSSR count). The van der Waals surface area contributed by atoms with Crippen molar-refractivity contribution in [3.63, 3.8) is 0 Å². The van der Waals surface area contributed by atoms with E-state index in [9.17, 15) is 14.4 Å². The average molecular weight is 410 g/mol. The fourth-order valence-electron chi connectivity index (χ4n) is 3.03. The second-order valence-electron chi connectivity index (χ2n) is 6.71. The van der Waals surface area contributed by atoms with Crippen LogP contribution in [-0.4, -0.2) is 41.8 Å². The van der Waals surface area contributed by atoms with Gasteiger partial charge in [0.2, 0.25) is 0 Å². The van der Waals surface area contributed by atoms with Crippen molar-refractivity contribution in [3.8, 4) is 11.5 Å². The number of rotatable bonds is 5. The minimum atomic E-state index is -0.375. The first kappa shape index (κ1) is 19.1. The van der Waals surface area contributed by atoms with Gasteiger partial charge in [0.25, 0.3) is 11.1 Å². The zero-order valence-corrected chi connectivity index (χ0v) is 16.4. The molecule has 148 valence electrons. The molecule has 2 aliphatic rings. The summed E-state index contributed by atoms with van der Waals surface area (Å²) in [5, 5.41) is 1.87. The molecule has 0 bridgehead atoms. The number of hydrogen-bond donors (Lipinski definition) is 1. The van der Waals surface area contributed by atoms with Gasteiger partial charge in [0.15, 0.2) is 0 Å². The molecule has 0 saturated carbocycles.